The van der Waals surface area contributed by atoms with Gasteiger partial charge in [-0.1, -0.05) is 65.8 Å². The molecule has 2 heterocycles. The Morgan fingerprint density at radius 1 is 0.897 bits per heavy atom. The van der Waals surface area contributed by atoms with Gasteiger partial charge in [-0.15, -0.1) is 0 Å². The number of aromatic nitrogens is 1. The molecule has 5 nitrogen and oxygen atoms in total. The maximum atomic E-state index is 12.9. The first-order chi connectivity index (χ1) is 14.3. The molecule has 0 radical (unpaired) electrons. The zero-order chi connectivity index (χ0) is 19.6. The molecule has 0 spiro atoms. The van der Waals surface area contributed by atoms with Crippen LogP contribution in [0.3, 0.4) is 0 Å². The third kappa shape index (κ3) is 3.38. The van der Waals surface area contributed by atoms with Crippen LogP contribution in [0.2, 0.25) is 0 Å². The first-order valence-electron chi connectivity index (χ1n) is 9.44. The number of amides is 1. The summed E-state index contributed by atoms with van der Waals surface area (Å²) >= 11 is 0. The van der Waals surface area contributed by atoms with Crippen LogP contribution in [0.5, 0.6) is 0 Å². The predicted octanol–water partition coefficient (Wildman–Crippen LogP) is 5.02. The van der Waals surface area contributed by atoms with Crippen molar-refractivity contribution in [2.75, 3.05) is 0 Å². The van der Waals surface area contributed by atoms with Crippen molar-refractivity contribution in [3.05, 3.63) is 102 Å². The van der Waals surface area contributed by atoms with Gasteiger partial charge in [-0.05, 0) is 29.8 Å². The highest BCUT2D eigenvalue weighted by atomic mass is 16.5. The van der Waals surface area contributed by atoms with E-state index in [1.807, 2.05) is 84.9 Å². The van der Waals surface area contributed by atoms with Gasteiger partial charge in [0.05, 0.1) is 6.42 Å². The number of nitrogens with zero attached hydrogens (tertiary/aromatic N) is 1. The zero-order valence-corrected chi connectivity index (χ0v) is 15.5. The zero-order valence-electron chi connectivity index (χ0n) is 15.5. The Bertz CT molecular complexity index is 1250. The highest BCUT2D eigenvalue weighted by Gasteiger charge is 2.22. The lowest BCUT2D eigenvalue weighted by Gasteiger charge is -2.17. The van der Waals surface area contributed by atoms with E-state index in [4.69, 9.17) is 8.94 Å². The lowest BCUT2D eigenvalue weighted by atomic mass is 10.0. The molecule has 29 heavy (non-hydrogen) atoms. The summed E-state index contributed by atoms with van der Waals surface area (Å²) in [4.78, 5) is 12.9. The lowest BCUT2D eigenvalue weighted by molar-refractivity contribution is -0.121. The van der Waals surface area contributed by atoms with Gasteiger partial charge in [0.25, 0.3) is 0 Å². The van der Waals surface area contributed by atoms with Crippen LogP contribution in [0, 0.1) is 0 Å². The summed E-state index contributed by atoms with van der Waals surface area (Å²) in [5.41, 5.74) is 3.03. The number of carbonyl (C=O) groups excluding carboxylic acids is 1. The minimum absolute atomic E-state index is 0.126. The lowest BCUT2D eigenvalue weighted by Crippen LogP contribution is -2.30. The van der Waals surface area contributed by atoms with E-state index in [0.717, 1.165) is 21.9 Å². The molecule has 142 valence electrons. The number of furan rings is 1. The number of fused-ring (bicyclic) bond motifs is 2. The Hall–Kier alpha value is -3.86. The number of nitrogens with one attached hydrogen (secondary N) is 1. The molecule has 0 fully saturated rings. The van der Waals surface area contributed by atoms with Crippen molar-refractivity contribution in [2.45, 2.75) is 12.5 Å². The number of hydrogen-bond donors (Lipinski definition) is 1. The molecule has 5 rings (SSSR count). The van der Waals surface area contributed by atoms with Crippen LogP contribution >= 0.6 is 0 Å². The van der Waals surface area contributed by atoms with Crippen molar-refractivity contribution in [1.82, 2.24) is 10.5 Å². The second-order valence-corrected chi connectivity index (χ2v) is 6.90. The first-order valence-corrected chi connectivity index (χ1v) is 9.44. The van der Waals surface area contributed by atoms with E-state index >= 15 is 0 Å². The number of para-hydroxylation sites is 2. The van der Waals surface area contributed by atoms with Crippen molar-refractivity contribution in [2.24, 2.45) is 0 Å². The Kier molecular flexibility index (Phi) is 4.33. The molecule has 0 saturated heterocycles. The second-order valence-electron chi connectivity index (χ2n) is 6.90. The number of rotatable bonds is 5. The molecule has 5 aromatic rings. The van der Waals surface area contributed by atoms with Crippen LogP contribution in [0.15, 0.2) is 93.9 Å². The summed E-state index contributed by atoms with van der Waals surface area (Å²) in [6, 6.07) is 26.7. The fraction of sp³-hybridized carbons (Fsp3) is 0.0833. The highest BCUT2D eigenvalue weighted by Crippen LogP contribution is 2.28. The molecule has 1 N–H and O–H groups in total. The van der Waals surface area contributed by atoms with Gasteiger partial charge in [-0.3, -0.25) is 4.79 Å². The molecule has 0 bridgehead atoms. The molecule has 3 aromatic carbocycles. The first kappa shape index (κ1) is 17.3. The fourth-order valence-electron chi connectivity index (χ4n) is 3.54. The van der Waals surface area contributed by atoms with E-state index in [1.165, 1.54) is 0 Å². The van der Waals surface area contributed by atoms with Crippen LogP contribution in [-0.2, 0) is 11.2 Å². The minimum Gasteiger partial charge on any atom is -0.459 e. The van der Waals surface area contributed by atoms with Crippen LogP contribution in [0.4, 0.5) is 0 Å². The SMILES string of the molecule is O=C(Cc1noc2ccccc12)N[C@H](c1ccccc1)c1cc2ccccc2o1. The third-order valence-electron chi connectivity index (χ3n) is 4.95. The summed E-state index contributed by atoms with van der Waals surface area (Å²) in [5, 5.41) is 9.01. The van der Waals surface area contributed by atoms with E-state index in [-0.39, 0.29) is 12.3 Å². The molecule has 2 aromatic heterocycles. The molecule has 5 heteroatoms. The maximum absolute atomic E-state index is 12.9. The molecular formula is C24H18N2O3. The van der Waals surface area contributed by atoms with Crippen molar-refractivity contribution < 1.29 is 13.7 Å². The van der Waals surface area contributed by atoms with E-state index in [2.05, 4.69) is 10.5 Å². The predicted molar refractivity (Wildman–Crippen MR) is 110 cm³/mol. The molecule has 0 saturated carbocycles. The second kappa shape index (κ2) is 7.28. The Balaban J connectivity index is 1.46. The van der Waals surface area contributed by atoms with Crippen LogP contribution < -0.4 is 5.32 Å². The van der Waals surface area contributed by atoms with Gasteiger partial charge in [0.2, 0.25) is 5.91 Å². The van der Waals surface area contributed by atoms with E-state index in [9.17, 15) is 4.79 Å². The number of carbonyl (C=O) groups is 1. The average molecular weight is 382 g/mol. The quantitative estimate of drug-likeness (QED) is 0.463. The van der Waals surface area contributed by atoms with Gasteiger partial charge < -0.3 is 14.3 Å². The van der Waals surface area contributed by atoms with E-state index in [1.54, 1.807) is 0 Å². The summed E-state index contributed by atoms with van der Waals surface area (Å²) < 4.78 is 11.4. The van der Waals surface area contributed by atoms with Gasteiger partial charge in [0.1, 0.15) is 23.1 Å². The van der Waals surface area contributed by atoms with Crippen LogP contribution in [-0.4, -0.2) is 11.1 Å². The Labute approximate surface area is 166 Å². The summed E-state index contributed by atoms with van der Waals surface area (Å²) in [6.45, 7) is 0. The monoisotopic (exact) mass is 382 g/mol. The third-order valence-corrected chi connectivity index (χ3v) is 4.95. The summed E-state index contributed by atoms with van der Waals surface area (Å²) in [6.07, 6.45) is 0.126. The van der Waals surface area contributed by atoms with Gasteiger partial charge in [-0.2, -0.15) is 0 Å². The molecule has 0 aliphatic rings. The van der Waals surface area contributed by atoms with Gasteiger partial charge in [0.15, 0.2) is 5.58 Å². The van der Waals surface area contributed by atoms with Crippen molar-refractivity contribution >= 4 is 27.8 Å². The molecule has 0 unspecified atom stereocenters. The smallest absolute Gasteiger partial charge is 0.227 e. The van der Waals surface area contributed by atoms with E-state index < -0.39 is 6.04 Å². The van der Waals surface area contributed by atoms with Crippen molar-refractivity contribution in [3.63, 3.8) is 0 Å². The molecule has 1 amide bonds. The molecule has 1 atom stereocenters. The largest absolute Gasteiger partial charge is 0.459 e. The number of benzene rings is 3. The van der Waals surface area contributed by atoms with Gasteiger partial charge in [-0.25, -0.2) is 0 Å². The average Bonchev–Trinajstić information content (AvgIpc) is 3.37. The van der Waals surface area contributed by atoms with Gasteiger partial charge >= 0.3 is 0 Å². The maximum Gasteiger partial charge on any atom is 0.227 e. The molecule has 0 aliphatic carbocycles. The normalized spacial score (nSPS) is 12.3. The van der Waals surface area contributed by atoms with E-state index in [0.29, 0.717) is 17.0 Å². The van der Waals surface area contributed by atoms with Crippen molar-refractivity contribution in [3.8, 4) is 0 Å². The summed E-state index contributed by atoms with van der Waals surface area (Å²) in [7, 11) is 0. The fourth-order valence-corrected chi connectivity index (χ4v) is 3.54. The van der Waals surface area contributed by atoms with Crippen LogP contribution in [0.25, 0.3) is 21.9 Å². The topological polar surface area (TPSA) is 68.3 Å². The highest BCUT2D eigenvalue weighted by molar-refractivity contribution is 5.86. The molecular weight excluding hydrogens is 364 g/mol. The Morgan fingerprint density at radius 3 is 2.45 bits per heavy atom. The minimum atomic E-state index is -0.394. The summed E-state index contributed by atoms with van der Waals surface area (Å²) in [5.74, 6) is 0.536. The standard InChI is InChI=1S/C24H18N2O3/c27-23(15-19-18-11-5-7-13-21(18)29-26-19)25-24(16-8-2-1-3-9-16)22-14-17-10-4-6-12-20(17)28-22/h1-14,24H,15H2,(H,25,27)/t24-/m1/s1. The van der Waals surface area contributed by atoms with Crippen molar-refractivity contribution in [1.29, 1.82) is 0 Å². The number of hydrogen-bond acceptors (Lipinski definition) is 4. The Morgan fingerprint density at radius 2 is 1.62 bits per heavy atom. The van der Waals surface area contributed by atoms with Crippen LogP contribution in [0.1, 0.15) is 23.1 Å². The van der Waals surface area contributed by atoms with Gasteiger partial charge in [0, 0.05) is 10.8 Å². The molecule has 0 aliphatic heterocycles.